The van der Waals surface area contributed by atoms with Gasteiger partial charge < -0.3 is 20.6 Å². The second-order valence-corrected chi connectivity index (χ2v) is 8.20. The summed E-state index contributed by atoms with van der Waals surface area (Å²) in [5, 5.41) is 17.4. The lowest BCUT2D eigenvalue weighted by atomic mass is 9.88. The summed E-state index contributed by atoms with van der Waals surface area (Å²) in [5.41, 5.74) is 3.68. The molecule has 168 valence electrons. The number of hydrogen-bond acceptors (Lipinski definition) is 4. The number of benzene rings is 1. The molecular formula is C24H34IN5O. The van der Waals surface area contributed by atoms with Crippen LogP contribution in [0.15, 0.2) is 41.5 Å². The highest BCUT2D eigenvalue weighted by atomic mass is 127. The first-order chi connectivity index (χ1) is 14.7. The first-order valence-corrected chi connectivity index (χ1v) is 11.3. The molecule has 1 fully saturated rings. The van der Waals surface area contributed by atoms with Gasteiger partial charge in [-0.3, -0.25) is 0 Å². The number of aromatic hydroxyl groups is 1. The second-order valence-electron chi connectivity index (χ2n) is 8.20. The fourth-order valence-electron chi connectivity index (χ4n) is 4.53. The van der Waals surface area contributed by atoms with Crippen LogP contribution >= 0.6 is 24.0 Å². The Labute approximate surface area is 202 Å². The van der Waals surface area contributed by atoms with Crippen LogP contribution in [0.1, 0.15) is 49.3 Å². The number of anilines is 1. The number of piperidine rings is 1. The van der Waals surface area contributed by atoms with Crippen LogP contribution in [-0.2, 0) is 19.4 Å². The summed E-state index contributed by atoms with van der Waals surface area (Å²) in [6.45, 7) is 5.39. The molecule has 0 unspecified atom stereocenters. The zero-order valence-electron chi connectivity index (χ0n) is 18.3. The number of nitrogens with zero attached hydrogens (tertiary/aromatic N) is 3. The van der Waals surface area contributed by atoms with Gasteiger partial charge in [0.2, 0.25) is 0 Å². The molecule has 0 atom stereocenters. The number of guanidine groups is 1. The summed E-state index contributed by atoms with van der Waals surface area (Å²) in [7, 11) is 0. The molecular weight excluding hydrogens is 501 g/mol. The van der Waals surface area contributed by atoms with Crippen molar-refractivity contribution in [2.24, 2.45) is 4.99 Å². The average Bonchev–Trinajstić information content (AvgIpc) is 2.79. The van der Waals surface area contributed by atoms with E-state index in [2.05, 4.69) is 39.6 Å². The van der Waals surface area contributed by atoms with E-state index in [9.17, 15) is 5.11 Å². The van der Waals surface area contributed by atoms with Gasteiger partial charge in [-0.15, -0.1) is 24.0 Å². The minimum absolute atomic E-state index is 0. The van der Waals surface area contributed by atoms with Crippen LogP contribution < -0.4 is 15.5 Å². The molecule has 6 nitrogen and oxygen atoms in total. The molecule has 31 heavy (non-hydrogen) atoms. The third kappa shape index (κ3) is 6.02. The highest BCUT2D eigenvalue weighted by Crippen LogP contribution is 2.31. The maximum Gasteiger partial charge on any atom is 0.191 e. The predicted octanol–water partition coefficient (Wildman–Crippen LogP) is 4.01. The Morgan fingerprint density at radius 3 is 2.71 bits per heavy atom. The lowest BCUT2D eigenvalue weighted by molar-refractivity contribution is 0.458. The molecule has 3 N–H and O–H groups in total. The van der Waals surface area contributed by atoms with E-state index >= 15 is 0 Å². The third-order valence-electron chi connectivity index (χ3n) is 6.17. The average molecular weight is 535 g/mol. The first kappa shape index (κ1) is 23.6. The fraction of sp³-hybridized carbons (Fsp3) is 0.500. The lowest BCUT2D eigenvalue weighted by Gasteiger charge is -2.33. The van der Waals surface area contributed by atoms with E-state index in [4.69, 9.17) is 4.99 Å². The molecule has 1 aliphatic heterocycles. The topological polar surface area (TPSA) is 72.8 Å². The zero-order chi connectivity index (χ0) is 20.8. The van der Waals surface area contributed by atoms with Crippen LogP contribution in [0.2, 0.25) is 0 Å². The lowest BCUT2D eigenvalue weighted by Crippen LogP contribution is -2.48. The van der Waals surface area contributed by atoms with Gasteiger partial charge in [-0.25, -0.2) is 9.98 Å². The molecule has 0 spiro atoms. The van der Waals surface area contributed by atoms with Crippen LogP contribution in [0.5, 0.6) is 5.75 Å². The van der Waals surface area contributed by atoms with E-state index in [0.29, 0.717) is 18.3 Å². The number of rotatable bonds is 5. The van der Waals surface area contributed by atoms with Crippen molar-refractivity contribution in [1.82, 2.24) is 15.6 Å². The summed E-state index contributed by atoms with van der Waals surface area (Å²) >= 11 is 0. The van der Waals surface area contributed by atoms with Crippen LogP contribution in [0, 0.1) is 0 Å². The highest BCUT2D eigenvalue weighted by Gasteiger charge is 2.21. The van der Waals surface area contributed by atoms with Gasteiger partial charge in [-0.05, 0) is 74.8 Å². The predicted molar refractivity (Wildman–Crippen MR) is 138 cm³/mol. The minimum Gasteiger partial charge on any atom is -0.508 e. The molecule has 0 amide bonds. The van der Waals surface area contributed by atoms with Crippen LogP contribution in [-0.4, -0.2) is 41.7 Å². The normalized spacial score (nSPS) is 16.9. The van der Waals surface area contributed by atoms with Crippen molar-refractivity contribution >= 4 is 35.8 Å². The Morgan fingerprint density at radius 2 is 1.97 bits per heavy atom. The highest BCUT2D eigenvalue weighted by molar-refractivity contribution is 14.0. The first-order valence-electron chi connectivity index (χ1n) is 11.3. The van der Waals surface area contributed by atoms with Crippen LogP contribution in [0.3, 0.4) is 0 Å². The second kappa shape index (κ2) is 11.5. The Kier molecular flexibility index (Phi) is 8.80. The van der Waals surface area contributed by atoms with E-state index in [0.717, 1.165) is 62.7 Å². The summed E-state index contributed by atoms with van der Waals surface area (Å²) in [6, 6.07) is 10.4. The Morgan fingerprint density at radius 1 is 1.16 bits per heavy atom. The van der Waals surface area contributed by atoms with Crippen LogP contribution in [0.4, 0.5) is 5.82 Å². The van der Waals surface area contributed by atoms with E-state index in [1.54, 1.807) is 0 Å². The van der Waals surface area contributed by atoms with Gasteiger partial charge in [-0.1, -0.05) is 12.1 Å². The molecule has 4 rings (SSSR count). The summed E-state index contributed by atoms with van der Waals surface area (Å²) < 4.78 is 0. The standard InChI is InChI=1S/C24H33N5O.HI/c1-2-25-24(27-17-21-20-8-4-3-7-18(20)10-11-22(21)30)28-19-12-15-29(16-13-19)23-9-5-6-14-26-23;/h5-6,9-11,14,19,30H,2-4,7-8,12-13,15-17H2,1H3,(H2,25,27,28);1H. The molecule has 1 aliphatic carbocycles. The van der Waals surface area contributed by atoms with Crippen LogP contribution in [0.25, 0.3) is 0 Å². The molecule has 2 heterocycles. The Hall–Kier alpha value is -2.03. The Balaban J connectivity index is 0.00000272. The SMILES string of the molecule is CCNC(=NCc1c(O)ccc2c1CCCC2)NC1CCN(c2ccccn2)CC1.I. The van der Waals surface area contributed by atoms with Gasteiger partial charge in [-0.2, -0.15) is 0 Å². The number of fused-ring (bicyclic) bond motifs is 1. The van der Waals surface area contributed by atoms with Crippen molar-refractivity contribution in [2.75, 3.05) is 24.5 Å². The molecule has 2 aliphatic rings. The summed E-state index contributed by atoms with van der Waals surface area (Å²) in [6.07, 6.45) is 8.54. The number of aromatic nitrogens is 1. The third-order valence-corrected chi connectivity index (χ3v) is 6.17. The maximum atomic E-state index is 10.4. The van der Waals surface area contributed by atoms with Crippen molar-refractivity contribution in [3.8, 4) is 5.75 Å². The molecule has 1 aromatic carbocycles. The number of nitrogens with one attached hydrogen (secondary N) is 2. The molecule has 0 bridgehead atoms. The van der Waals surface area contributed by atoms with Crippen molar-refractivity contribution in [1.29, 1.82) is 0 Å². The zero-order valence-corrected chi connectivity index (χ0v) is 20.6. The molecule has 1 aromatic heterocycles. The number of aryl methyl sites for hydroxylation is 1. The molecule has 7 heteroatoms. The number of aliphatic imine (C=N–C) groups is 1. The molecule has 1 saturated heterocycles. The van der Waals surface area contributed by atoms with Gasteiger partial charge in [0.1, 0.15) is 11.6 Å². The van der Waals surface area contributed by atoms with E-state index in [1.807, 2.05) is 24.4 Å². The van der Waals surface area contributed by atoms with E-state index < -0.39 is 0 Å². The number of phenols is 1. The van der Waals surface area contributed by atoms with Gasteiger partial charge in [0.05, 0.1) is 6.54 Å². The monoisotopic (exact) mass is 535 g/mol. The van der Waals surface area contributed by atoms with E-state index in [-0.39, 0.29) is 24.0 Å². The number of pyridine rings is 1. The minimum atomic E-state index is 0. The van der Waals surface area contributed by atoms with Crippen molar-refractivity contribution in [2.45, 2.75) is 58.0 Å². The van der Waals surface area contributed by atoms with Gasteiger partial charge >= 0.3 is 0 Å². The summed E-state index contributed by atoms with van der Waals surface area (Å²) in [5.74, 6) is 2.27. The van der Waals surface area contributed by atoms with Crippen molar-refractivity contribution in [3.05, 3.63) is 53.2 Å². The molecule has 0 radical (unpaired) electrons. The number of phenolic OH excluding ortho intramolecular Hbond substituents is 1. The van der Waals surface area contributed by atoms with Gasteiger partial charge in [0, 0.05) is 37.4 Å². The van der Waals surface area contributed by atoms with Crippen molar-refractivity contribution in [3.63, 3.8) is 0 Å². The maximum absolute atomic E-state index is 10.4. The van der Waals surface area contributed by atoms with Gasteiger partial charge in [0.15, 0.2) is 5.96 Å². The molecule has 2 aromatic rings. The van der Waals surface area contributed by atoms with Gasteiger partial charge in [0.25, 0.3) is 0 Å². The largest absolute Gasteiger partial charge is 0.508 e. The van der Waals surface area contributed by atoms with Crippen molar-refractivity contribution < 1.29 is 5.11 Å². The quantitative estimate of drug-likeness (QED) is 0.307. The summed E-state index contributed by atoms with van der Waals surface area (Å²) in [4.78, 5) is 11.6. The van der Waals surface area contributed by atoms with E-state index in [1.165, 1.54) is 24.0 Å². The fourth-order valence-corrected chi connectivity index (χ4v) is 4.53. The smallest absolute Gasteiger partial charge is 0.191 e. The molecule has 0 saturated carbocycles. The number of hydrogen-bond donors (Lipinski definition) is 3. The number of halogens is 1. The Bertz CT molecular complexity index is 866.